The average Bonchev–Trinajstić information content (AvgIpc) is 2.15. The van der Waals surface area contributed by atoms with Crippen molar-refractivity contribution in [3.63, 3.8) is 0 Å². The van der Waals surface area contributed by atoms with Gasteiger partial charge in [0.05, 0.1) is 6.42 Å². The maximum Gasteiger partial charge on any atom is 0.453 e. The predicted molar refractivity (Wildman–Crippen MR) is 49.8 cm³/mol. The molecule has 0 radical (unpaired) electrons. The Hall–Kier alpha value is -1.01. The number of carbonyl (C=O) groups is 2. The summed E-state index contributed by atoms with van der Waals surface area (Å²) >= 11 is 0. The highest BCUT2D eigenvalue weighted by atomic mass is 19.4. The van der Waals surface area contributed by atoms with E-state index in [-0.39, 0.29) is 37.9 Å². The smallest absolute Gasteiger partial charge is 0.303 e. The zero-order valence-corrected chi connectivity index (χ0v) is 9.03. The maximum atomic E-state index is 12.4. The van der Waals surface area contributed by atoms with E-state index in [1.807, 2.05) is 0 Å². The van der Waals surface area contributed by atoms with Crippen LogP contribution in [0, 0.1) is 0 Å². The second-order valence-corrected chi connectivity index (χ2v) is 3.67. The zero-order valence-electron chi connectivity index (χ0n) is 9.03. The van der Waals surface area contributed by atoms with Crippen molar-refractivity contribution in [3.8, 4) is 0 Å². The standard InChI is InChI=1S/C10H13F5O2/c11-9(12,10(13,14)15)6-3-1-2-4-8(17)5-7-16/h7H,1-6H2. The van der Waals surface area contributed by atoms with E-state index in [0.717, 1.165) is 0 Å². The van der Waals surface area contributed by atoms with E-state index in [1.165, 1.54) is 0 Å². The lowest BCUT2D eigenvalue weighted by molar-refractivity contribution is -0.284. The molecule has 0 aliphatic heterocycles. The lowest BCUT2D eigenvalue weighted by atomic mass is 10.1. The molecule has 0 aromatic heterocycles. The van der Waals surface area contributed by atoms with E-state index in [2.05, 4.69) is 0 Å². The molecule has 0 unspecified atom stereocenters. The monoisotopic (exact) mass is 260 g/mol. The molecule has 100 valence electrons. The molecule has 0 amide bonds. The van der Waals surface area contributed by atoms with Crippen molar-refractivity contribution in [2.75, 3.05) is 0 Å². The number of aldehydes is 1. The van der Waals surface area contributed by atoms with Crippen LogP contribution in [-0.2, 0) is 9.59 Å². The Morgan fingerprint density at radius 2 is 1.59 bits per heavy atom. The molecule has 0 fully saturated rings. The number of carbonyl (C=O) groups excluding carboxylic acids is 2. The Morgan fingerprint density at radius 3 is 2.06 bits per heavy atom. The van der Waals surface area contributed by atoms with E-state index < -0.39 is 18.5 Å². The van der Waals surface area contributed by atoms with Gasteiger partial charge in [-0.1, -0.05) is 6.42 Å². The molecule has 0 N–H and O–H groups in total. The Balaban J connectivity index is 3.72. The third-order valence-corrected chi connectivity index (χ3v) is 2.17. The first kappa shape index (κ1) is 16.0. The first-order valence-electron chi connectivity index (χ1n) is 5.10. The third-order valence-electron chi connectivity index (χ3n) is 2.17. The number of ketones is 1. The predicted octanol–water partition coefficient (Wildman–Crippen LogP) is 3.29. The first-order chi connectivity index (χ1) is 7.70. The van der Waals surface area contributed by atoms with Crippen molar-refractivity contribution in [1.82, 2.24) is 0 Å². The summed E-state index contributed by atoms with van der Waals surface area (Å²) in [6.07, 6.45) is -6.52. The average molecular weight is 260 g/mol. The minimum atomic E-state index is -5.51. The van der Waals surface area contributed by atoms with E-state index in [4.69, 9.17) is 0 Å². The quantitative estimate of drug-likeness (QED) is 0.290. The van der Waals surface area contributed by atoms with Gasteiger partial charge in [-0.25, -0.2) is 0 Å². The molecule has 0 heterocycles. The number of hydrogen-bond acceptors (Lipinski definition) is 2. The van der Waals surface area contributed by atoms with Gasteiger partial charge in [-0.2, -0.15) is 22.0 Å². The number of Topliss-reactive ketones (excluding diaryl/α,β-unsaturated/α-hetero) is 1. The van der Waals surface area contributed by atoms with Crippen LogP contribution in [-0.4, -0.2) is 24.2 Å². The zero-order chi connectivity index (χ0) is 13.5. The molecule has 0 saturated heterocycles. The minimum Gasteiger partial charge on any atom is -0.303 e. The SMILES string of the molecule is O=CCC(=O)CCCCCC(F)(F)C(F)(F)F. The highest BCUT2D eigenvalue weighted by Gasteiger charge is 2.56. The van der Waals surface area contributed by atoms with Crippen molar-refractivity contribution >= 4 is 12.1 Å². The summed E-state index contributed by atoms with van der Waals surface area (Å²) in [6.45, 7) is 0. The molecular formula is C10H13F5O2. The summed E-state index contributed by atoms with van der Waals surface area (Å²) in [4.78, 5) is 20.7. The number of hydrogen-bond donors (Lipinski definition) is 0. The van der Waals surface area contributed by atoms with Crippen LogP contribution in [0.2, 0.25) is 0 Å². The summed E-state index contributed by atoms with van der Waals surface area (Å²) in [5.41, 5.74) is 0. The Morgan fingerprint density at radius 1 is 1.00 bits per heavy atom. The minimum absolute atomic E-state index is 0.0380. The van der Waals surface area contributed by atoms with E-state index in [0.29, 0.717) is 6.29 Å². The lowest BCUT2D eigenvalue weighted by Crippen LogP contribution is -2.36. The summed E-state index contributed by atoms with van der Waals surface area (Å²) in [5, 5.41) is 0. The fourth-order valence-corrected chi connectivity index (χ4v) is 1.18. The summed E-state index contributed by atoms with van der Waals surface area (Å²) in [6, 6.07) is 0. The number of alkyl halides is 5. The Bertz CT molecular complexity index is 260. The van der Waals surface area contributed by atoms with Gasteiger partial charge in [-0.15, -0.1) is 0 Å². The fraction of sp³-hybridized carbons (Fsp3) is 0.800. The highest BCUT2D eigenvalue weighted by Crippen LogP contribution is 2.39. The largest absolute Gasteiger partial charge is 0.453 e. The van der Waals surface area contributed by atoms with Crippen molar-refractivity contribution in [2.24, 2.45) is 0 Å². The molecule has 0 rings (SSSR count). The van der Waals surface area contributed by atoms with Crippen molar-refractivity contribution in [1.29, 1.82) is 0 Å². The van der Waals surface area contributed by atoms with Crippen LogP contribution in [0.15, 0.2) is 0 Å². The second-order valence-electron chi connectivity index (χ2n) is 3.67. The summed E-state index contributed by atoms with van der Waals surface area (Å²) in [5.74, 6) is -5.00. The van der Waals surface area contributed by atoms with E-state index in [9.17, 15) is 31.5 Å². The number of halogens is 5. The molecule has 7 heteroatoms. The molecule has 0 atom stereocenters. The van der Waals surface area contributed by atoms with Crippen molar-refractivity contribution in [2.45, 2.75) is 50.6 Å². The van der Waals surface area contributed by atoms with Crippen LogP contribution < -0.4 is 0 Å². The molecule has 0 saturated carbocycles. The summed E-state index contributed by atoms with van der Waals surface area (Å²) < 4.78 is 60.0. The molecule has 0 bridgehead atoms. The van der Waals surface area contributed by atoms with Gasteiger partial charge in [0.2, 0.25) is 0 Å². The molecule has 0 aliphatic rings. The maximum absolute atomic E-state index is 12.4. The number of rotatable bonds is 8. The highest BCUT2D eigenvalue weighted by molar-refractivity contribution is 5.89. The number of unbranched alkanes of at least 4 members (excludes halogenated alkanes) is 2. The van der Waals surface area contributed by atoms with Gasteiger partial charge in [-0.3, -0.25) is 4.79 Å². The van der Waals surface area contributed by atoms with Crippen LogP contribution in [0.25, 0.3) is 0 Å². The van der Waals surface area contributed by atoms with Crippen LogP contribution in [0.3, 0.4) is 0 Å². The Labute approximate surface area is 95.2 Å². The first-order valence-corrected chi connectivity index (χ1v) is 5.10. The lowest BCUT2D eigenvalue weighted by Gasteiger charge is -2.19. The molecular weight excluding hydrogens is 247 g/mol. The van der Waals surface area contributed by atoms with Gasteiger partial charge in [0.1, 0.15) is 12.1 Å². The van der Waals surface area contributed by atoms with E-state index >= 15 is 0 Å². The van der Waals surface area contributed by atoms with Gasteiger partial charge < -0.3 is 4.79 Å². The van der Waals surface area contributed by atoms with Gasteiger partial charge in [0.15, 0.2) is 0 Å². The van der Waals surface area contributed by atoms with Crippen LogP contribution in [0.1, 0.15) is 38.5 Å². The molecule has 0 aromatic rings. The second kappa shape index (κ2) is 6.66. The molecule has 0 aliphatic carbocycles. The van der Waals surface area contributed by atoms with Crippen LogP contribution in [0.4, 0.5) is 22.0 Å². The Kier molecular flexibility index (Phi) is 6.26. The van der Waals surface area contributed by atoms with Crippen LogP contribution in [0.5, 0.6) is 0 Å². The van der Waals surface area contributed by atoms with Gasteiger partial charge >= 0.3 is 12.1 Å². The topological polar surface area (TPSA) is 34.1 Å². The molecule has 0 spiro atoms. The van der Waals surface area contributed by atoms with Gasteiger partial charge in [0.25, 0.3) is 0 Å². The van der Waals surface area contributed by atoms with Gasteiger partial charge in [0, 0.05) is 12.8 Å². The normalized spacial score (nSPS) is 12.5. The molecule has 17 heavy (non-hydrogen) atoms. The summed E-state index contributed by atoms with van der Waals surface area (Å²) in [7, 11) is 0. The van der Waals surface area contributed by atoms with Gasteiger partial charge in [-0.05, 0) is 12.8 Å². The van der Waals surface area contributed by atoms with Crippen molar-refractivity contribution < 1.29 is 31.5 Å². The molecule has 0 aromatic carbocycles. The third kappa shape index (κ3) is 6.33. The van der Waals surface area contributed by atoms with Crippen molar-refractivity contribution in [3.05, 3.63) is 0 Å². The van der Waals surface area contributed by atoms with Crippen LogP contribution >= 0.6 is 0 Å². The molecule has 2 nitrogen and oxygen atoms in total. The van der Waals surface area contributed by atoms with E-state index in [1.54, 1.807) is 0 Å². The fourth-order valence-electron chi connectivity index (χ4n) is 1.18.